The SMILES string of the molecule is Cc1nnc(N2CCNC(=O)C2(C)C)c(C(N)=S)c1C. The Hall–Kier alpha value is -1.76. The molecule has 0 atom stereocenters. The number of anilines is 1. The number of thiocarbonyl (C=S) groups is 1. The summed E-state index contributed by atoms with van der Waals surface area (Å²) in [6.45, 7) is 8.68. The molecular weight excluding hydrogens is 274 g/mol. The third kappa shape index (κ3) is 2.22. The lowest BCUT2D eigenvalue weighted by Crippen LogP contribution is -2.62. The lowest BCUT2D eigenvalue weighted by atomic mass is 9.97. The third-order valence-corrected chi connectivity index (χ3v) is 3.99. The number of aromatic nitrogens is 2. The number of carbonyl (C=O) groups is 1. The minimum Gasteiger partial charge on any atom is -0.389 e. The van der Waals surface area contributed by atoms with Gasteiger partial charge in [-0.25, -0.2) is 0 Å². The summed E-state index contributed by atoms with van der Waals surface area (Å²) in [6, 6.07) is 0. The van der Waals surface area contributed by atoms with Gasteiger partial charge in [0.25, 0.3) is 0 Å². The van der Waals surface area contributed by atoms with Gasteiger partial charge in [0.2, 0.25) is 5.91 Å². The van der Waals surface area contributed by atoms with Crippen LogP contribution in [-0.4, -0.2) is 39.7 Å². The average Bonchev–Trinajstić information content (AvgIpc) is 2.35. The molecular formula is C13H19N5OS. The first-order valence-corrected chi connectivity index (χ1v) is 6.87. The number of nitrogens with one attached hydrogen (secondary N) is 1. The Kier molecular flexibility index (Phi) is 3.64. The minimum atomic E-state index is -0.714. The molecule has 1 aliphatic heterocycles. The van der Waals surface area contributed by atoms with Gasteiger partial charge in [-0.2, -0.15) is 5.10 Å². The maximum Gasteiger partial charge on any atom is 0.245 e. The van der Waals surface area contributed by atoms with Gasteiger partial charge in [-0.1, -0.05) is 12.2 Å². The largest absolute Gasteiger partial charge is 0.389 e. The highest BCUT2D eigenvalue weighted by atomic mass is 32.1. The van der Waals surface area contributed by atoms with Gasteiger partial charge in [0.15, 0.2) is 5.82 Å². The molecule has 0 spiro atoms. The van der Waals surface area contributed by atoms with Crippen LogP contribution >= 0.6 is 12.2 Å². The molecule has 0 saturated carbocycles. The normalized spacial score (nSPS) is 17.8. The molecule has 0 aromatic carbocycles. The van der Waals surface area contributed by atoms with Crippen molar-refractivity contribution in [2.45, 2.75) is 33.2 Å². The van der Waals surface area contributed by atoms with Gasteiger partial charge in [-0.15, -0.1) is 5.10 Å². The van der Waals surface area contributed by atoms with Crippen molar-refractivity contribution >= 4 is 28.9 Å². The number of nitrogens with two attached hydrogens (primary N) is 1. The maximum atomic E-state index is 12.1. The molecule has 1 aromatic rings. The van der Waals surface area contributed by atoms with Crippen LogP contribution < -0.4 is 16.0 Å². The summed E-state index contributed by atoms with van der Waals surface area (Å²) in [6.07, 6.45) is 0. The highest BCUT2D eigenvalue weighted by molar-refractivity contribution is 7.80. The van der Waals surface area contributed by atoms with Crippen LogP contribution in [0.3, 0.4) is 0 Å². The van der Waals surface area contributed by atoms with Crippen LogP contribution in [0.25, 0.3) is 0 Å². The topological polar surface area (TPSA) is 84.1 Å². The summed E-state index contributed by atoms with van der Waals surface area (Å²) in [7, 11) is 0. The predicted octanol–water partition coefficient (Wildman–Crippen LogP) is 0.442. The zero-order chi connectivity index (χ0) is 15.1. The van der Waals surface area contributed by atoms with Crippen molar-refractivity contribution in [3.63, 3.8) is 0 Å². The number of nitrogens with zero attached hydrogens (tertiary/aromatic N) is 3. The van der Waals surface area contributed by atoms with Crippen LogP contribution in [0.15, 0.2) is 0 Å². The number of carbonyl (C=O) groups excluding carboxylic acids is 1. The second kappa shape index (κ2) is 4.97. The van der Waals surface area contributed by atoms with Crippen LogP contribution in [0.1, 0.15) is 30.7 Å². The molecule has 2 heterocycles. The van der Waals surface area contributed by atoms with Gasteiger partial charge in [0.1, 0.15) is 10.5 Å². The van der Waals surface area contributed by atoms with E-state index >= 15 is 0 Å². The van der Waals surface area contributed by atoms with E-state index in [9.17, 15) is 4.79 Å². The van der Waals surface area contributed by atoms with Crippen molar-refractivity contribution in [3.8, 4) is 0 Å². The standard InChI is InChI=1S/C13H19N5OS/c1-7-8(2)16-17-11(9(7)10(14)20)18-6-5-15-12(19)13(18,3)4/h5-6H2,1-4H3,(H2,14,20)(H,15,19). The Morgan fingerprint density at radius 2 is 2.05 bits per heavy atom. The first-order valence-electron chi connectivity index (χ1n) is 6.46. The molecule has 0 radical (unpaired) electrons. The van der Waals surface area contributed by atoms with Crippen molar-refractivity contribution in [2.75, 3.05) is 18.0 Å². The van der Waals surface area contributed by atoms with E-state index in [4.69, 9.17) is 18.0 Å². The Morgan fingerprint density at radius 1 is 1.40 bits per heavy atom. The van der Waals surface area contributed by atoms with E-state index < -0.39 is 5.54 Å². The Labute approximate surface area is 123 Å². The van der Waals surface area contributed by atoms with Crippen LogP contribution in [-0.2, 0) is 4.79 Å². The van der Waals surface area contributed by atoms with E-state index in [1.807, 2.05) is 32.6 Å². The third-order valence-electron chi connectivity index (χ3n) is 3.79. The molecule has 1 aliphatic rings. The Morgan fingerprint density at radius 3 is 2.65 bits per heavy atom. The van der Waals surface area contributed by atoms with Gasteiger partial charge in [-0.3, -0.25) is 4.79 Å². The molecule has 0 unspecified atom stereocenters. The molecule has 1 fully saturated rings. The van der Waals surface area contributed by atoms with E-state index in [-0.39, 0.29) is 10.9 Å². The van der Waals surface area contributed by atoms with Gasteiger partial charge in [0, 0.05) is 13.1 Å². The number of rotatable bonds is 2. The predicted molar refractivity (Wildman–Crippen MR) is 81.8 cm³/mol. The second-order valence-electron chi connectivity index (χ2n) is 5.44. The lowest BCUT2D eigenvalue weighted by molar-refractivity contribution is -0.126. The zero-order valence-corrected chi connectivity index (χ0v) is 13.0. The van der Waals surface area contributed by atoms with Gasteiger partial charge in [0.05, 0.1) is 11.3 Å². The number of hydrogen-bond acceptors (Lipinski definition) is 5. The van der Waals surface area contributed by atoms with E-state index in [0.29, 0.717) is 24.5 Å². The first-order chi connectivity index (χ1) is 9.26. The molecule has 1 amide bonds. The fourth-order valence-corrected chi connectivity index (χ4v) is 2.59. The van der Waals surface area contributed by atoms with E-state index in [1.54, 1.807) is 0 Å². The monoisotopic (exact) mass is 293 g/mol. The maximum absolute atomic E-state index is 12.1. The molecule has 1 saturated heterocycles. The molecule has 1 aromatic heterocycles. The molecule has 2 rings (SSSR count). The molecule has 7 heteroatoms. The van der Waals surface area contributed by atoms with Crippen molar-refractivity contribution in [1.29, 1.82) is 0 Å². The summed E-state index contributed by atoms with van der Waals surface area (Å²) in [4.78, 5) is 14.3. The highest BCUT2D eigenvalue weighted by Crippen LogP contribution is 2.29. The van der Waals surface area contributed by atoms with Gasteiger partial charge in [-0.05, 0) is 33.3 Å². The van der Waals surface area contributed by atoms with E-state index in [0.717, 1.165) is 11.3 Å². The molecule has 3 N–H and O–H groups in total. The first kappa shape index (κ1) is 14.6. The smallest absolute Gasteiger partial charge is 0.245 e. The quantitative estimate of drug-likeness (QED) is 0.770. The van der Waals surface area contributed by atoms with Gasteiger partial charge >= 0.3 is 0 Å². The Bertz CT molecular complexity index is 584. The van der Waals surface area contributed by atoms with E-state index in [1.165, 1.54) is 0 Å². The minimum absolute atomic E-state index is 0.0438. The van der Waals surface area contributed by atoms with Crippen LogP contribution in [0.2, 0.25) is 0 Å². The number of hydrogen-bond donors (Lipinski definition) is 2. The van der Waals surface area contributed by atoms with Crippen molar-refractivity contribution < 1.29 is 4.79 Å². The Balaban J connectivity index is 2.60. The highest BCUT2D eigenvalue weighted by Gasteiger charge is 2.40. The fraction of sp³-hybridized carbons (Fsp3) is 0.538. The molecule has 0 bridgehead atoms. The fourth-order valence-electron chi connectivity index (χ4n) is 2.35. The van der Waals surface area contributed by atoms with Crippen molar-refractivity contribution in [1.82, 2.24) is 15.5 Å². The van der Waals surface area contributed by atoms with Crippen LogP contribution in [0, 0.1) is 13.8 Å². The average molecular weight is 293 g/mol. The number of amides is 1. The summed E-state index contributed by atoms with van der Waals surface area (Å²) in [5.41, 5.74) is 7.53. The van der Waals surface area contributed by atoms with Crippen LogP contribution in [0.4, 0.5) is 5.82 Å². The lowest BCUT2D eigenvalue weighted by Gasteiger charge is -2.42. The molecule has 6 nitrogen and oxygen atoms in total. The molecule has 108 valence electrons. The van der Waals surface area contributed by atoms with Gasteiger partial charge < -0.3 is 16.0 Å². The summed E-state index contributed by atoms with van der Waals surface area (Å²) in [5.74, 6) is 0.540. The second-order valence-corrected chi connectivity index (χ2v) is 5.88. The summed E-state index contributed by atoms with van der Waals surface area (Å²) in [5, 5.41) is 11.2. The summed E-state index contributed by atoms with van der Waals surface area (Å²) < 4.78 is 0. The van der Waals surface area contributed by atoms with Crippen LogP contribution in [0.5, 0.6) is 0 Å². The molecule has 0 aliphatic carbocycles. The zero-order valence-electron chi connectivity index (χ0n) is 12.1. The van der Waals surface area contributed by atoms with E-state index in [2.05, 4.69) is 15.5 Å². The summed E-state index contributed by atoms with van der Waals surface area (Å²) >= 11 is 5.15. The van der Waals surface area contributed by atoms with Crippen molar-refractivity contribution in [3.05, 3.63) is 16.8 Å². The van der Waals surface area contributed by atoms with Crippen molar-refractivity contribution in [2.24, 2.45) is 5.73 Å². The number of piperazine rings is 1. The number of aryl methyl sites for hydroxylation is 1. The molecule has 20 heavy (non-hydrogen) atoms.